The maximum absolute atomic E-state index is 12.3. The Balaban J connectivity index is 1.12. The van der Waals surface area contributed by atoms with E-state index in [1.165, 1.54) is 68.6 Å². The van der Waals surface area contributed by atoms with Crippen molar-refractivity contribution < 1.29 is 4.79 Å². The van der Waals surface area contributed by atoms with E-state index in [-0.39, 0.29) is 5.91 Å². The lowest BCUT2D eigenvalue weighted by Gasteiger charge is -2.31. The van der Waals surface area contributed by atoms with Crippen LogP contribution < -0.4 is 5.32 Å². The van der Waals surface area contributed by atoms with Gasteiger partial charge in [-0.1, -0.05) is 6.92 Å². The highest BCUT2D eigenvalue weighted by Crippen LogP contribution is 2.29. The van der Waals surface area contributed by atoms with Crippen LogP contribution in [-0.4, -0.2) is 59.5 Å². The van der Waals surface area contributed by atoms with Gasteiger partial charge in [-0.2, -0.15) is 0 Å². The van der Waals surface area contributed by atoms with Crippen LogP contribution >= 0.6 is 11.3 Å². The molecule has 1 N–H and O–H groups in total. The Kier molecular flexibility index (Phi) is 7.60. The van der Waals surface area contributed by atoms with Gasteiger partial charge in [0.1, 0.15) is 5.01 Å². The fourth-order valence-corrected chi connectivity index (χ4v) is 6.49. The van der Waals surface area contributed by atoms with Crippen molar-refractivity contribution in [3.63, 3.8) is 0 Å². The number of fused-ring (bicyclic) bond motifs is 1. The number of thiazole rings is 1. The van der Waals surface area contributed by atoms with Gasteiger partial charge in [-0.05, 0) is 89.9 Å². The second-order valence-corrected chi connectivity index (χ2v) is 10.3. The lowest BCUT2D eigenvalue weighted by atomic mass is 9.92. The minimum atomic E-state index is 0.253. The molecule has 1 amide bonds. The molecule has 1 aromatic rings. The molecule has 0 unspecified atom stereocenters. The molecule has 0 saturated carbocycles. The average molecular weight is 419 g/mol. The van der Waals surface area contributed by atoms with E-state index in [0.29, 0.717) is 18.4 Å². The number of carbonyl (C=O) groups excluding carboxylic acids is 1. The number of amides is 1. The summed E-state index contributed by atoms with van der Waals surface area (Å²) in [6.07, 6.45) is 11.8. The third kappa shape index (κ3) is 5.80. The van der Waals surface area contributed by atoms with Crippen molar-refractivity contribution in [3.8, 4) is 0 Å². The van der Waals surface area contributed by atoms with E-state index in [1.807, 2.05) is 11.3 Å². The van der Waals surface area contributed by atoms with Crippen LogP contribution in [0.1, 0.15) is 73.9 Å². The van der Waals surface area contributed by atoms with Crippen LogP contribution in [0.3, 0.4) is 0 Å². The molecular weight excluding hydrogens is 380 g/mol. The van der Waals surface area contributed by atoms with E-state index >= 15 is 0 Å². The molecule has 0 bridgehead atoms. The minimum Gasteiger partial charge on any atom is -0.355 e. The summed E-state index contributed by atoms with van der Waals surface area (Å²) >= 11 is 1.95. The van der Waals surface area contributed by atoms with Crippen molar-refractivity contribution in [1.82, 2.24) is 20.1 Å². The SMILES string of the molecule is CCN1CCC[C@@H]1CNC(=O)CCC1CCN(Cc2nc3c(s2)CCCC3)CC1. The predicted octanol–water partition coefficient (Wildman–Crippen LogP) is 3.61. The Morgan fingerprint density at radius 2 is 1.97 bits per heavy atom. The molecule has 1 aromatic heterocycles. The molecule has 29 heavy (non-hydrogen) atoms. The quantitative estimate of drug-likeness (QED) is 0.701. The molecule has 0 spiro atoms. The molecule has 3 aliphatic rings. The summed E-state index contributed by atoms with van der Waals surface area (Å²) in [7, 11) is 0. The molecule has 2 aliphatic heterocycles. The largest absolute Gasteiger partial charge is 0.355 e. The highest BCUT2D eigenvalue weighted by Gasteiger charge is 2.24. The normalized spacial score (nSPS) is 24.0. The highest BCUT2D eigenvalue weighted by atomic mass is 32.1. The number of carbonyl (C=O) groups is 1. The van der Waals surface area contributed by atoms with E-state index in [9.17, 15) is 4.79 Å². The van der Waals surface area contributed by atoms with Gasteiger partial charge in [-0.25, -0.2) is 4.98 Å². The molecule has 5 nitrogen and oxygen atoms in total. The molecule has 1 atom stereocenters. The summed E-state index contributed by atoms with van der Waals surface area (Å²) in [6.45, 7) is 8.69. The van der Waals surface area contributed by atoms with Crippen LogP contribution in [0.15, 0.2) is 0 Å². The first-order valence-corrected chi connectivity index (χ1v) is 12.7. The molecule has 3 heterocycles. The molecule has 4 rings (SSSR count). The number of hydrogen-bond donors (Lipinski definition) is 1. The van der Waals surface area contributed by atoms with Gasteiger partial charge in [0.15, 0.2) is 0 Å². The summed E-state index contributed by atoms with van der Waals surface area (Å²) in [5, 5.41) is 4.52. The maximum atomic E-state index is 12.3. The van der Waals surface area contributed by atoms with E-state index in [4.69, 9.17) is 4.98 Å². The molecule has 0 radical (unpaired) electrons. The first-order chi connectivity index (χ1) is 14.2. The van der Waals surface area contributed by atoms with Gasteiger partial charge in [0.05, 0.1) is 12.2 Å². The first-order valence-electron chi connectivity index (χ1n) is 11.9. The number of nitrogens with one attached hydrogen (secondary N) is 1. The standard InChI is InChI=1S/C23H38N4OS/c1-2-27-13-5-6-19(27)16-24-22(28)10-9-18-11-14-26(15-12-18)17-23-25-20-7-3-4-8-21(20)29-23/h18-19H,2-17H2,1H3,(H,24,28)/t19-/m1/s1. The van der Waals surface area contributed by atoms with Gasteiger partial charge in [0.2, 0.25) is 5.91 Å². The number of hydrogen-bond acceptors (Lipinski definition) is 5. The van der Waals surface area contributed by atoms with Gasteiger partial charge < -0.3 is 5.32 Å². The molecular formula is C23H38N4OS. The van der Waals surface area contributed by atoms with Gasteiger partial charge >= 0.3 is 0 Å². The van der Waals surface area contributed by atoms with Gasteiger partial charge in [0, 0.05) is 23.9 Å². The van der Waals surface area contributed by atoms with E-state index < -0.39 is 0 Å². The number of rotatable bonds is 8. The molecule has 1 aliphatic carbocycles. The van der Waals surface area contributed by atoms with Crippen molar-refractivity contribution in [2.24, 2.45) is 5.92 Å². The second-order valence-electron chi connectivity index (χ2n) is 9.17. The Hall–Kier alpha value is -0.980. The lowest BCUT2D eigenvalue weighted by Crippen LogP contribution is -2.40. The first kappa shape index (κ1) is 21.3. The third-order valence-corrected chi connectivity index (χ3v) is 8.32. The van der Waals surface area contributed by atoms with E-state index in [1.54, 1.807) is 4.88 Å². The lowest BCUT2D eigenvalue weighted by molar-refractivity contribution is -0.121. The summed E-state index contributed by atoms with van der Waals surface area (Å²) in [5.74, 6) is 0.962. The smallest absolute Gasteiger partial charge is 0.220 e. The second kappa shape index (κ2) is 10.4. The molecule has 162 valence electrons. The van der Waals surface area contributed by atoms with Crippen molar-refractivity contribution >= 4 is 17.2 Å². The highest BCUT2D eigenvalue weighted by molar-refractivity contribution is 7.11. The van der Waals surface area contributed by atoms with Crippen LogP contribution in [0.5, 0.6) is 0 Å². The Morgan fingerprint density at radius 3 is 2.76 bits per heavy atom. The van der Waals surface area contributed by atoms with Gasteiger partial charge in [-0.3, -0.25) is 14.6 Å². The number of aromatic nitrogens is 1. The van der Waals surface area contributed by atoms with Crippen molar-refractivity contribution in [1.29, 1.82) is 0 Å². The maximum Gasteiger partial charge on any atom is 0.220 e. The van der Waals surface area contributed by atoms with Crippen molar-refractivity contribution in [3.05, 3.63) is 15.6 Å². The van der Waals surface area contributed by atoms with Crippen molar-refractivity contribution in [2.75, 3.05) is 32.7 Å². The Bertz CT molecular complexity index is 644. The van der Waals surface area contributed by atoms with E-state index in [0.717, 1.165) is 39.1 Å². The molecule has 6 heteroatoms. The number of nitrogens with zero attached hydrogens (tertiary/aromatic N) is 3. The third-order valence-electron chi connectivity index (χ3n) is 7.18. The Labute approximate surface area is 180 Å². The predicted molar refractivity (Wildman–Crippen MR) is 119 cm³/mol. The number of likely N-dealkylation sites (N-methyl/N-ethyl adjacent to an activating group) is 1. The fourth-order valence-electron chi connectivity index (χ4n) is 5.30. The number of likely N-dealkylation sites (tertiary alicyclic amines) is 2. The van der Waals surface area contributed by atoms with Crippen LogP contribution in [0.4, 0.5) is 0 Å². The van der Waals surface area contributed by atoms with Crippen LogP contribution in [0, 0.1) is 5.92 Å². The van der Waals surface area contributed by atoms with E-state index in [2.05, 4.69) is 22.0 Å². The minimum absolute atomic E-state index is 0.253. The fraction of sp³-hybridized carbons (Fsp3) is 0.826. The summed E-state index contributed by atoms with van der Waals surface area (Å²) in [4.78, 5) is 23.8. The average Bonchev–Trinajstić information content (AvgIpc) is 3.37. The number of aryl methyl sites for hydroxylation is 2. The monoisotopic (exact) mass is 418 g/mol. The summed E-state index contributed by atoms with van der Waals surface area (Å²) in [6, 6.07) is 0.559. The molecule has 0 aromatic carbocycles. The number of piperidine rings is 1. The summed E-state index contributed by atoms with van der Waals surface area (Å²) < 4.78 is 0. The molecule has 2 saturated heterocycles. The summed E-state index contributed by atoms with van der Waals surface area (Å²) in [5.41, 5.74) is 1.39. The topological polar surface area (TPSA) is 48.5 Å². The molecule has 2 fully saturated rings. The van der Waals surface area contributed by atoms with Gasteiger partial charge in [0.25, 0.3) is 0 Å². The zero-order chi connectivity index (χ0) is 20.1. The zero-order valence-corrected chi connectivity index (χ0v) is 18.9. The van der Waals surface area contributed by atoms with Crippen LogP contribution in [0.2, 0.25) is 0 Å². The Morgan fingerprint density at radius 1 is 1.14 bits per heavy atom. The van der Waals surface area contributed by atoms with Crippen LogP contribution in [0.25, 0.3) is 0 Å². The van der Waals surface area contributed by atoms with Crippen LogP contribution in [-0.2, 0) is 24.2 Å². The van der Waals surface area contributed by atoms with Gasteiger partial charge in [-0.15, -0.1) is 11.3 Å². The zero-order valence-electron chi connectivity index (χ0n) is 18.1. The van der Waals surface area contributed by atoms with Crippen molar-refractivity contribution in [2.45, 2.75) is 83.7 Å².